The standard InChI is InChI=1S/C14H17F3N6O5S/c1-2-19-29(25,26)27-7-6-18-12-11(22-28-23-12)13(21-24)20-10-5-3-4-9(8-10)14(15,16)17/h3-5,8,19,24H,2,6-7H2,1H3,(H,18,23)(H,20,21). The van der Waals surface area contributed by atoms with Crippen molar-refractivity contribution in [1.82, 2.24) is 20.5 Å². The molecule has 11 nitrogen and oxygen atoms in total. The van der Waals surface area contributed by atoms with E-state index in [1.165, 1.54) is 6.07 Å². The molecule has 0 fully saturated rings. The quantitative estimate of drug-likeness (QED) is 0.197. The van der Waals surface area contributed by atoms with Crippen molar-refractivity contribution in [3.8, 4) is 0 Å². The Morgan fingerprint density at radius 2 is 2.10 bits per heavy atom. The fourth-order valence-corrected chi connectivity index (χ4v) is 2.75. The average Bonchev–Trinajstić information content (AvgIpc) is 3.11. The number of alkyl halides is 3. The normalized spacial score (nSPS) is 12.8. The van der Waals surface area contributed by atoms with Crippen LogP contribution in [0.1, 0.15) is 18.2 Å². The lowest BCUT2D eigenvalue weighted by Gasteiger charge is -2.08. The number of hydroxylamine groups is 1. The van der Waals surface area contributed by atoms with Gasteiger partial charge in [0.15, 0.2) is 11.5 Å². The van der Waals surface area contributed by atoms with Crippen LogP contribution >= 0.6 is 0 Å². The Hall–Kier alpha value is -2.75. The zero-order valence-corrected chi connectivity index (χ0v) is 15.7. The van der Waals surface area contributed by atoms with E-state index in [4.69, 9.17) is 0 Å². The van der Waals surface area contributed by atoms with Gasteiger partial charge in [-0.15, -0.1) is 0 Å². The second-order valence-electron chi connectivity index (χ2n) is 5.28. The Bertz CT molecular complexity index is 947. The molecule has 0 spiro atoms. The molecular weight excluding hydrogens is 421 g/mol. The fraction of sp³-hybridized carbons (Fsp3) is 0.357. The first-order valence-corrected chi connectivity index (χ1v) is 9.44. The molecule has 0 bridgehead atoms. The molecule has 1 heterocycles. The van der Waals surface area contributed by atoms with Gasteiger partial charge in [-0.2, -0.15) is 26.3 Å². The van der Waals surface area contributed by atoms with Crippen LogP contribution < -0.4 is 15.5 Å². The van der Waals surface area contributed by atoms with Crippen molar-refractivity contribution in [2.45, 2.75) is 13.1 Å². The van der Waals surface area contributed by atoms with Gasteiger partial charge in [0, 0.05) is 13.1 Å². The van der Waals surface area contributed by atoms with E-state index in [0.717, 1.165) is 18.2 Å². The van der Waals surface area contributed by atoms with Crippen LogP contribution in [0.15, 0.2) is 33.9 Å². The van der Waals surface area contributed by atoms with Gasteiger partial charge in [-0.25, -0.2) is 9.62 Å². The number of nitrogens with zero attached hydrogens (tertiary/aromatic N) is 3. The molecule has 2 aromatic rings. The first kappa shape index (κ1) is 22.5. The molecule has 4 N–H and O–H groups in total. The Kier molecular flexibility index (Phi) is 7.49. The van der Waals surface area contributed by atoms with Crippen molar-refractivity contribution >= 4 is 27.6 Å². The Morgan fingerprint density at radius 3 is 2.76 bits per heavy atom. The molecule has 2 rings (SSSR count). The van der Waals surface area contributed by atoms with Crippen LogP contribution in [0.4, 0.5) is 24.7 Å². The molecule has 160 valence electrons. The maximum atomic E-state index is 12.8. The minimum atomic E-state index is -4.56. The summed E-state index contributed by atoms with van der Waals surface area (Å²) in [5, 5.41) is 19.0. The molecule has 0 aliphatic heterocycles. The third kappa shape index (κ3) is 6.67. The van der Waals surface area contributed by atoms with E-state index < -0.39 is 22.0 Å². The first-order valence-electron chi connectivity index (χ1n) is 8.03. The number of anilines is 1. The number of hydrogen-bond acceptors (Lipinski definition) is 9. The number of amidine groups is 1. The van der Waals surface area contributed by atoms with Gasteiger partial charge in [0.2, 0.25) is 5.82 Å². The molecule has 1 aromatic carbocycles. The minimum absolute atomic E-state index is 0.0475. The van der Waals surface area contributed by atoms with E-state index in [1.807, 2.05) is 0 Å². The van der Waals surface area contributed by atoms with Gasteiger partial charge in [0.25, 0.3) is 0 Å². The molecule has 0 unspecified atom stereocenters. The Labute approximate surface area is 163 Å². The predicted octanol–water partition coefficient (Wildman–Crippen LogP) is 1.43. The van der Waals surface area contributed by atoms with Crippen molar-refractivity contribution in [3.05, 3.63) is 35.5 Å². The van der Waals surface area contributed by atoms with E-state index in [0.29, 0.717) is 0 Å². The molecule has 0 aliphatic carbocycles. The lowest BCUT2D eigenvalue weighted by atomic mass is 10.2. The Balaban J connectivity index is 2.12. The topological polar surface area (TPSA) is 151 Å². The van der Waals surface area contributed by atoms with Crippen LogP contribution in [0, 0.1) is 0 Å². The van der Waals surface area contributed by atoms with Crippen LogP contribution in [-0.2, 0) is 20.7 Å². The van der Waals surface area contributed by atoms with Gasteiger partial charge in [-0.05, 0) is 28.5 Å². The van der Waals surface area contributed by atoms with E-state index in [-0.39, 0.29) is 42.7 Å². The summed E-state index contributed by atoms with van der Waals surface area (Å²) in [4.78, 5) is 3.86. The van der Waals surface area contributed by atoms with Crippen molar-refractivity contribution in [2.24, 2.45) is 4.99 Å². The summed E-state index contributed by atoms with van der Waals surface area (Å²) < 4.78 is 72.5. The molecule has 29 heavy (non-hydrogen) atoms. The van der Waals surface area contributed by atoms with Gasteiger partial charge in [0.1, 0.15) is 0 Å². The molecular formula is C14H17F3N6O5S. The lowest BCUT2D eigenvalue weighted by Crippen LogP contribution is -2.27. The molecule has 0 atom stereocenters. The Morgan fingerprint density at radius 1 is 1.34 bits per heavy atom. The van der Waals surface area contributed by atoms with Crippen molar-refractivity contribution < 1.29 is 35.6 Å². The van der Waals surface area contributed by atoms with E-state index in [9.17, 15) is 26.8 Å². The number of nitrogens with one attached hydrogen (secondary N) is 3. The number of aliphatic imine (C=N–C) groups is 1. The number of halogens is 3. The molecule has 0 amide bonds. The first-order chi connectivity index (χ1) is 13.7. The number of aromatic nitrogens is 2. The average molecular weight is 438 g/mol. The second kappa shape index (κ2) is 9.64. The maximum absolute atomic E-state index is 12.8. The smallest absolute Gasteiger partial charge is 0.363 e. The summed E-state index contributed by atoms with van der Waals surface area (Å²) in [5.41, 5.74) is 0.514. The second-order valence-corrected chi connectivity index (χ2v) is 6.72. The van der Waals surface area contributed by atoms with Crippen LogP contribution in [0.2, 0.25) is 0 Å². The summed E-state index contributed by atoms with van der Waals surface area (Å²) >= 11 is 0. The molecule has 1 aromatic heterocycles. The largest absolute Gasteiger partial charge is 0.416 e. The van der Waals surface area contributed by atoms with Gasteiger partial charge in [-0.3, -0.25) is 14.9 Å². The third-order valence-corrected chi connectivity index (χ3v) is 4.31. The summed E-state index contributed by atoms with van der Waals surface area (Å²) in [6.45, 7) is 1.42. The number of hydrogen-bond donors (Lipinski definition) is 4. The van der Waals surface area contributed by atoms with Crippen LogP contribution in [0.3, 0.4) is 0 Å². The van der Waals surface area contributed by atoms with E-state index in [2.05, 4.69) is 34.2 Å². The summed E-state index contributed by atoms with van der Waals surface area (Å²) in [5.74, 6) is -0.406. The van der Waals surface area contributed by atoms with Gasteiger partial charge >= 0.3 is 16.5 Å². The SMILES string of the molecule is CCNS(=O)(=O)OCCNc1nonc1C(=Nc1cccc(C(F)(F)F)c1)NO. The van der Waals surface area contributed by atoms with Crippen LogP contribution in [-0.4, -0.2) is 49.5 Å². The van der Waals surface area contributed by atoms with Crippen molar-refractivity contribution in [3.63, 3.8) is 0 Å². The van der Waals surface area contributed by atoms with Crippen molar-refractivity contribution in [2.75, 3.05) is 25.0 Å². The monoisotopic (exact) mass is 438 g/mol. The lowest BCUT2D eigenvalue weighted by molar-refractivity contribution is -0.137. The maximum Gasteiger partial charge on any atom is 0.416 e. The van der Waals surface area contributed by atoms with Gasteiger partial charge < -0.3 is 5.32 Å². The van der Waals surface area contributed by atoms with Crippen LogP contribution in [0.5, 0.6) is 0 Å². The van der Waals surface area contributed by atoms with E-state index in [1.54, 1.807) is 12.4 Å². The van der Waals surface area contributed by atoms with Gasteiger partial charge in [-0.1, -0.05) is 13.0 Å². The summed E-state index contributed by atoms with van der Waals surface area (Å²) in [6.07, 6.45) is -4.56. The zero-order valence-electron chi connectivity index (χ0n) is 14.9. The molecule has 0 radical (unpaired) electrons. The molecule has 15 heteroatoms. The highest BCUT2D eigenvalue weighted by atomic mass is 32.2. The fourth-order valence-electron chi connectivity index (χ4n) is 2.01. The molecule has 0 aliphatic rings. The predicted molar refractivity (Wildman–Crippen MR) is 93.9 cm³/mol. The minimum Gasteiger partial charge on any atom is -0.363 e. The third-order valence-electron chi connectivity index (χ3n) is 3.19. The van der Waals surface area contributed by atoms with Crippen molar-refractivity contribution in [1.29, 1.82) is 0 Å². The summed E-state index contributed by atoms with van der Waals surface area (Å²) in [7, 11) is -3.88. The van der Waals surface area contributed by atoms with E-state index >= 15 is 0 Å². The zero-order chi connectivity index (χ0) is 21.5. The highest BCUT2D eigenvalue weighted by molar-refractivity contribution is 7.84. The number of benzene rings is 1. The molecule has 0 saturated heterocycles. The highest BCUT2D eigenvalue weighted by Gasteiger charge is 2.30. The summed E-state index contributed by atoms with van der Waals surface area (Å²) in [6, 6.07) is 4.08. The van der Waals surface area contributed by atoms with Gasteiger partial charge in [0.05, 0.1) is 17.9 Å². The highest BCUT2D eigenvalue weighted by Crippen LogP contribution is 2.31. The molecule has 0 saturated carbocycles. The van der Waals surface area contributed by atoms with Crippen LogP contribution in [0.25, 0.3) is 0 Å². The number of rotatable bonds is 9.